The van der Waals surface area contributed by atoms with Crippen molar-refractivity contribution in [2.75, 3.05) is 16.9 Å². The van der Waals surface area contributed by atoms with Gasteiger partial charge in [-0.15, -0.1) is 0 Å². The van der Waals surface area contributed by atoms with E-state index in [1.807, 2.05) is 6.07 Å². The van der Waals surface area contributed by atoms with Crippen LogP contribution in [0.15, 0.2) is 54.6 Å². The standard InChI is InChI=1S/C26H24F3N5O4S/c1-25(2,3)22-13-20(21(15-31)23(34-22)38-39(4,36,37)26(27,28)29)17-7-11-19(12-8-17)33-24(35)32-18-9-5-16(14-30)6-10-18/h5-13H,1-4H3,(H,36,37)(H2,32,33,35). The summed E-state index contributed by atoms with van der Waals surface area (Å²) in [6, 6.07) is 16.8. The van der Waals surface area contributed by atoms with E-state index >= 15 is 0 Å². The summed E-state index contributed by atoms with van der Waals surface area (Å²) in [5, 5.41) is 23.9. The molecule has 2 aromatic carbocycles. The van der Waals surface area contributed by atoms with E-state index in [4.69, 9.17) is 5.26 Å². The minimum Gasteiger partial charge on any atom is -0.375 e. The number of nitrogens with zero attached hydrogens (tertiary/aromatic N) is 3. The Labute approximate surface area is 222 Å². The van der Waals surface area contributed by atoms with Crippen LogP contribution in [-0.2, 0) is 15.0 Å². The number of nitrogens with one attached hydrogen (secondary N) is 2. The van der Waals surface area contributed by atoms with E-state index in [2.05, 4.69) is 19.8 Å². The number of aromatic nitrogens is 1. The summed E-state index contributed by atoms with van der Waals surface area (Å²) in [6.07, 6.45) is 0.00681. The summed E-state index contributed by atoms with van der Waals surface area (Å²) in [4.78, 5) is 16.3. The molecule has 0 saturated heterocycles. The molecule has 0 aliphatic rings. The lowest BCUT2D eigenvalue weighted by atomic mass is 9.88. The topological polar surface area (TPSA) is 148 Å². The Morgan fingerprint density at radius 2 is 1.49 bits per heavy atom. The molecule has 0 bridgehead atoms. The Hall–Kier alpha value is -4.46. The molecule has 0 unspecified atom stereocenters. The molecule has 204 valence electrons. The summed E-state index contributed by atoms with van der Waals surface area (Å²) in [7, 11) is -6.70. The van der Waals surface area contributed by atoms with Crippen LogP contribution in [0.25, 0.3) is 11.1 Å². The van der Waals surface area contributed by atoms with Gasteiger partial charge >= 0.3 is 11.5 Å². The second kappa shape index (κ2) is 10.0. The number of carbonyl (C=O) groups excluding carboxylic acids is 1. The zero-order valence-corrected chi connectivity index (χ0v) is 22.1. The lowest BCUT2D eigenvalue weighted by molar-refractivity contribution is -0.0621. The largest absolute Gasteiger partial charge is 0.503 e. The Morgan fingerprint density at radius 1 is 0.974 bits per heavy atom. The van der Waals surface area contributed by atoms with Gasteiger partial charge in [-0.25, -0.2) is 14.0 Å². The first-order chi connectivity index (χ1) is 17.9. The number of hydrogen-bond donors (Lipinski definition) is 3. The summed E-state index contributed by atoms with van der Waals surface area (Å²) in [6.45, 7) is 5.16. The monoisotopic (exact) mass is 559 g/mol. The van der Waals surface area contributed by atoms with Crippen LogP contribution in [0, 0.1) is 22.7 Å². The lowest BCUT2D eigenvalue weighted by Gasteiger charge is -2.34. The molecule has 1 heterocycles. The third-order valence-electron chi connectivity index (χ3n) is 5.39. The van der Waals surface area contributed by atoms with E-state index < -0.39 is 38.0 Å². The normalized spacial score (nSPS) is 12.8. The molecule has 0 radical (unpaired) electrons. The molecule has 3 N–H and O–H groups in total. The second-order valence-corrected chi connectivity index (χ2v) is 12.7. The van der Waals surface area contributed by atoms with Crippen molar-refractivity contribution in [3.05, 3.63) is 71.4 Å². The fourth-order valence-corrected chi connectivity index (χ4v) is 3.78. The van der Waals surface area contributed by atoms with Crippen molar-refractivity contribution in [2.45, 2.75) is 31.7 Å². The van der Waals surface area contributed by atoms with Crippen molar-refractivity contribution in [1.82, 2.24) is 4.98 Å². The van der Waals surface area contributed by atoms with E-state index in [9.17, 15) is 32.0 Å². The molecule has 3 aromatic rings. The fourth-order valence-electron chi connectivity index (χ4n) is 3.19. The quantitative estimate of drug-likeness (QED) is 0.338. The number of benzene rings is 2. The Bertz CT molecular complexity index is 1560. The molecule has 39 heavy (non-hydrogen) atoms. The maximum absolute atomic E-state index is 13.4. The highest BCUT2D eigenvalue weighted by Crippen LogP contribution is 2.43. The van der Waals surface area contributed by atoms with E-state index in [1.54, 1.807) is 51.1 Å². The van der Waals surface area contributed by atoms with Gasteiger partial charge in [0.15, 0.2) is 0 Å². The van der Waals surface area contributed by atoms with Crippen molar-refractivity contribution in [3.63, 3.8) is 0 Å². The Kier molecular flexibility index (Phi) is 7.48. The number of urea groups is 1. The summed E-state index contributed by atoms with van der Waals surface area (Å²) < 4.78 is 67.1. The number of pyridine rings is 1. The zero-order chi connectivity index (χ0) is 29.2. The van der Waals surface area contributed by atoms with Gasteiger partial charge in [0.2, 0.25) is 15.5 Å². The van der Waals surface area contributed by atoms with Crippen LogP contribution in [-0.4, -0.2) is 31.5 Å². The predicted molar refractivity (Wildman–Crippen MR) is 140 cm³/mol. The van der Waals surface area contributed by atoms with Crippen molar-refractivity contribution in [1.29, 1.82) is 10.5 Å². The number of carbonyl (C=O) groups is 1. The van der Waals surface area contributed by atoms with Crippen LogP contribution >= 0.6 is 0 Å². The van der Waals surface area contributed by atoms with Gasteiger partial charge in [0.1, 0.15) is 11.6 Å². The molecular weight excluding hydrogens is 535 g/mol. The van der Waals surface area contributed by atoms with E-state index in [-0.39, 0.29) is 17.5 Å². The highest BCUT2D eigenvalue weighted by Gasteiger charge is 2.59. The molecule has 0 aliphatic carbocycles. The SMILES string of the molecule is CC(C)(C)c1cc(-c2ccc(NC(=O)Nc3ccc(C#N)cc3)cc2)c(C#N)c(OS(C)(=O)(O)C(F)(F)F)n1. The van der Waals surface area contributed by atoms with Gasteiger partial charge in [-0.2, -0.15) is 23.7 Å². The van der Waals surface area contributed by atoms with Crippen molar-refractivity contribution >= 4 is 27.0 Å². The van der Waals surface area contributed by atoms with Gasteiger partial charge in [-0.05, 0) is 48.0 Å². The minimum absolute atomic E-state index is 0.00681. The van der Waals surface area contributed by atoms with Gasteiger partial charge in [0.25, 0.3) is 0 Å². The highest BCUT2D eigenvalue weighted by molar-refractivity contribution is 8.11. The number of halogens is 3. The van der Waals surface area contributed by atoms with Gasteiger partial charge in [-0.1, -0.05) is 32.9 Å². The number of alkyl halides is 3. The zero-order valence-electron chi connectivity index (χ0n) is 21.3. The minimum atomic E-state index is -6.70. The molecule has 9 nitrogen and oxygen atoms in total. The van der Waals surface area contributed by atoms with E-state index in [1.165, 1.54) is 30.3 Å². The summed E-state index contributed by atoms with van der Waals surface area (Å²) in [5.74, 6) is -0.928. The van der Waals surface area contributed by atoms with Gasteiger partial charge < -0.3 is 14.8 Å². The molecule has 0 saturated carbocycles. The van der Waals surface area contributed by atoms with E-state index in [0.717, 1.165) is 0 Å². The lowest BCUT2D eigenvalue weighted by Crippen LogP contribution is -2.50. The van der Waals surface area contributed by atoms with Gasteiger partial charge in [-0.3, -0.25) is 4.55 Å². The third kappa shape index (κ3) is 6.52. The molecule has 0 spiro atoms. The first-order valence-corrected chi connectivity index (χ1v) is 13.5. The highest BCUT2D eigenvalue weighted by atomic mass is 32.3. The average molecular weight is 560 g/mol. The van der Waals surface area contributed by atoms with Crippen LogP contribution in [0.3, 0.4) is 0 Å². The molecule has 0 fully saturated rings. The molecule has 1 aromatic heterocycles. The molecule has 0 aliphatic heterocycles. The van der Waals surface area contributed by atoms with Crippen molar-refractivity contribution < 1.29 is 30.9 Å². The smallest absolute Gasteiger partial charge is 0.375 e. The van der Waals surface area contributed by atoms with Crippen molar-refractivity contribution in [2.24, 2.45) is 0 Å². The first kappa shape index (κ1) is 29.1. The number of anilines is 2. The number of nitriles is 2. The molecule has 0 atom stereocenters. The van der Waals surface area contributed by atoms with Gasteiger partial charge in [0.05, 0.1) is 23.6 Å². The molecular formula is C26H24F3N5O4S. The Morgan fingerprint density at radius 3 is 1.92 bits per heavy atom. The maximum Gasteiger partial charge on any atom is 0.503 e. The second-order valence-electron chi connectivity index (χ2n) is 9.67. The summed E-state index contributed by atoms with van der Waals surface area (Å²) in [5.41, 5.74) is -4.93. The fraction of sp³-hybridized carbons (Fsp3) is 0.231. The van der Waals surface area contributed by atoms with Crippen LogP contribution in [0.5, 0.6) is 5.88 Å². The van der Waals surface area contributed by atoms with Crippen LogP contribution < -0.4 is 14.8 Å². The average Bonchev–Trinajstić information content (AvgIpc) is 2.82. The van der Waals surface area contributed by atoms with Gasteiger partial charge in [0, 0.05) is 22.4 Å². The maximum atomic E-state index is 13.4. The number of rotatable bonds is 5. The first-order valence-electron chi connectivity index (χ1n) is 11.2. The number of amides is 2. The summed E-state index contributed by atoms with van der Waals surface area (Å²) >= 11 is 0. The molecule has 3 rings (SSSR count). The molecule has 13 heteroatoms. The Balaban J connectivity index is 1.97. The third-order valence-corrected chi connectivity index (χ3v) is 6.99. The van der Waals surface area contributed by atoms with Crippen LogP contribution in [0.2, 0.25) is 0 Å². The van der Waals surface area contributed by atoms with Crippen molar-refractivity contribution in [3.8, 4) is 29.1 Å². The number of hydrogen-bond acceptors (Lipinski definition) is 6. The van der Waals surface area contributed by atoms with E-state index in [0.29, 0.717) is 22.5 Å². The molecule has 2 amide bonds. The predicted octanol–water partition coefficient (Wildman–Crippen LogP) is 6.17. The van der Waals surface area contributed by atoms with Crippen LogP contribution in [0.1, 0.15) is 37.6 Å². The van der Waals surface area contributed by atoms with Crippen LogP contribution in [0.4, 0.5) is 29.3 Å².